The number of nitrogens with one attached hydrogen (secondary N) is 2. The SMILES string of the molecule is CN(C)c1cccc(C(=O)NNC(=O)c2cccc(OCc3ccccc3C#N)c2)c1. The van der Waals surface area contributed by atoms with Crippen molar-refractivity contribution in [2.24, 2.45) is 0 Å². The van der Waals surface area contributed by atoms with E-state index in [9.17, 15) is 9.59 Å². The number of carbonyl (C=O) groups is 2. The highest BCUT2D eigenvalue weighted by Gasteiger charge is 2.11. The van der Waals surface area contributed by atoms with Crippen LogP contribution in [-0.2, 0) is 6.61 Å². The van der Waals surface area contributed by atoms with Crippen LogP contribution in [-0.4, -0.2) is 25.9 Å². The van der Waals surface area contributed by atoms with Crippen LogP contribution < -0.4 is 20.5 Å². The van der Waals surface area contributed by atoms with Crippen molar-refractivity contribution in [3.8, 4) is 11.8 Å². The summed E-state index contributed by atoms with van der Waals surface area (Å²) in [6, 6.07) is 22.9. The highest BCUT2D eigenvalue weighted by atomic mass is 16.5. The monoisotopic (exact) mass is 414 g/mol. The van der Waals surface area contributed by atoms with E-state index in [1.807, 2.05) is 37.2 Å². The number of hydrogen-bond donors (Lipinski definition) is 2. The Kier molecular flexibility index (Phi) is 6.86. The third-order valence-corrected chi connectivity index (χ3v) is 4.54. The molecular weight excluding hydrogens is 392 g/mol. The van der Waals surface area contributed by atoms with Crippen LogP contribution in [0, 0.1) is 11.3 Å². The third-order valence-electron chi connectivity index (χ3n) is 4.54. The zero-order valence-corrected chi connectivity index (χ0v) is 17.3. The lowest BCUT2D eigenvalue weighted by atomic mass is 10.1. The Morgan fingerprint density at radius 2 is 1.55 bits per heavy atom. The van der Waals surface area contributed by atoms with E-state index in [0.717, 1.165) is 11.3 Å². The molecule has 31 heavy (non-hydrogen) atoms. The van der Waals surface area contributed by atoms with E-state index >= 15 is 0 Å². The molecule has 0 heterocycles. The van der Waals surface area contributed by atoms with Crippen molar-refractivity contribution in [3.63, 3.8) is 0 Å². The van der Waals surface area contributed by atoms with E-state index in [1.54, 1.807) is 54.6 Å². The Labute approximate surface area is 180 Å². The maximum Gasteiger partial charge on any atom is 0.269 e. The van der Waals surface area contributed by atoms with Gasteiger partial charge in [-0.1, -0.05) is 30.3 Å². The van der Waals surface area contributed by atoms with E-state index in [-0.39, 0.29) is 6.61 Å². The summed E-state index contributed by atoms with van der Waals surface area (Å²) in [7, 11) is 3.76. The Bertz CT molecular complexity index is 1140. The van der Waals surface area contributed by atoms with Gasteiger partial charge in [0.25, 0.3) is 11.8 Å². The first-order valence-corrected chi connectivity index (χ1v) is 9.57. The summed E-state index contributed by atoms with van der Waals surface area (Å²) in [5, 5.41) is 9.17. The number of anilines is 1. The number of carbonyl (C=O) groups excluding carboxylic acids is 2. The van der Waals surface area contributed by atoms with Crippen molar-refractivity contribution in [3.05, 3.63) is 95.1 Å². The number of rotatable bonds is 6. The van der Waals surface area contributed by atoms with Crippen molar-refractivity contribution in [1.29, 1.82) is 5.26 Å². The maximum atomic E-state index is 12.4. The fourth-order valence-electron chi connectivity index (χ4n) is 2.83. The van der Waals surface area contributed by atoms with Crippen LogP contribution in [0.25, 0.3) is 0 Å². The number of benzene rings is 3. The summed E-state index contributed by atoms with van der Waals surface area (Å²) in [5.41, 5.74) is 7.77. The van der Waals surface area contributed by atoms with Gasteiger partial charge in [-0.2, -0.15) is 5.26 Å². The zero-order valence-electron chi connectivity index (χ0n) is 17.3. The second kappa shape index (κ2) is 9.94. The summed E-state index contributed by atoms with van der Waals surface area (Å²) in [5.74, 6) is -0.414. The molecule has 2 N–H and O–H groups in total. The zero-order chi connectivity index (χ0) is 22.2. The van der Waals surface area contributed by atoms with Crippen LogP contribution in [0.2, 0.25) is 0 Å². The number of hydrazine groups is 1. The molecule has 0 radical (unpaired) electrons. The van der Waals surface area contributed by atoms with Crippen molar-refractivity contribution in [2.45, 2.75) is 6.61 Å². The Morgan fingerprint density at radius 1 is 0.903 bits per heavy atom. The first kappa shape index (κ1) is 21.4. The van der Waals surface area contributed by atoms with Gasteiger partial charge in [0.05, 0.1) is 11.6 Å². The van der Waals surface area contributed by atoms with Crippen molar-refractivity contribution < 1.29 is 14.3 Å². The molecule has 0 saturated heterocycles. The molecular formula is C24H22N4O3. The average Bonchev–Trinajstić information content (AvgIpc) is 2.81. The fourth-order valence-corrected chi connectivity index (χ4v) is 2.83. The highest BCUT2D eigenvalue weighted by molar-refractivity contribution is 5.99. The molecule has 7 heteroatoms. The van der Waals surface area contributed by atoms with Gasteiger partial charge in [-0.3, -0.25) is 20.4 Å². The molecule has 3 aromatic carbocycles. The van der Waals surface area contributed by atoms with Gasteiger partial charge in [0, 0.05) is 36.5 Å². The molecule has 0 spiro atoms. The largest absolute Gasteiger partial charge is 0.489 e. The molecule has 0 bridgehead atoms. The number of ether oxygens (including phenoxy) is 1. The smallest absolute Gasteiger partial charge is 0.269 e. The summed E-state index contributed by atoms with van der Waals surface area (Å²) in [6.07, 6.45) is 0. The second-order valence-electron chi connectivity index (χ2n) is 6.94. The van der Waals surface area contributed by atoms with Crippen LogP contribution >= 0.6 is 0 Å². The summed E-state index contributed by atoms with van der Waals surface area (Å²) < 4.78 is 5.73. The maximum absolute atomic E-state index is 12.4. The molecule has 2 amide bonds. The van der Waals surface area contributed by atoms with Gasteiger partial charge >= 0.3 is 0 Å². The van der Waals surface area contributed by atoms with Crippen LogP contribution in [0.1, 0.15) is 31.8 Å². The lowest BCUT2D eigenvalue weighted by Gasteiger charge is -2.14. The molecule has 0 aliphatic carbocycles. The summed E-state index contributed by atoms with van der Waals surface area (Å²) in [6.45, 7) is 0.202. The number of amides is 2. The molecule has 0 aliphatic heterocycles. The summed E-state index contributed by atoms with van der Waals surface area (Å²) >= 11 is 0. The van der Waals surface area contributed by atoms with E-state index in [1.165, 1.54) is 0 Å². The van der Waals surface area contributed by atoms with Crippen molar-refractivity contribution in [2.75, 3.05) is 19.0 Å². The van der Waals surface area contributed by atoms with Gasteiger partial charge in [0.1, 0.15) is 12.4 Å². The van der Waals surface area contributed by atoms with E-state index in [4.69, 9.17) is 10.00 Å². The average molecular weight is 414 g/mol. The topological polar surface area (TPSA) is 94.5 Å². The van der Waals surface area contributed by atoms with Crippen molar-refractivity contribution in [1.82, 2.24) is 10.9 Å². The summed E-state index contributed by atoms with van der Waals surface area (Å²) in [4.78, 5) is 26.7. The number of nitriles is 1. The third kappa shape index (κ3) is 5.61. The minimum absolute atomic E-state index is 0.202. The predicted molar refractivity (Wildman–Crippen MR) is 118 cm³/mol. The quantitative estimate of drug-likeness (QED) is 0.604. The van der Waals surface area contributed by atoms with E-state index < -0.39 is 11.8 Å². The van der Waals surface area contributed by atoms with Crippen molar-refractivity contribution >= 4 is 17.5 Å². The van der Waals surface area contributed by atoms with Gasteiger partial charge in [-0.15, -0.1) is 0 Å². The minimum Gasteiger partial charge on any atom is -0.489 e. The predicted octanol–water partition coefficient (Wildman–Crippen LogP) is 3.28. The lowest BCUT2D eigenvalue weighted by molar-refractivity contribution is 0.0846. The Hall–Kier alpha value is -4.31. The molecule has 0 fully saturated rings. The first-order chi connectivity index (χ1) is 15.0. The van der Waals surface area contributed by atoms with Gasteiger partial charge < -0.3 is 9.64 Å². The number of nitrogens with zero attached hydrogens (tertiary/aromatic N) is 2. The Morgan fingerprint density at radius 3 is 2.23 bits per heavy atom. The molecule has 0 saturated carbocycles. The first-order valence-electron chi connectivity index (χ1n) is 9.57. The van der Waals surface area contributed by atoms with Gasteiger partial charge in [-0.25, -0.2) is 0 Å². The van der Waals surface area contributed by atoms with Crippen LogP contribution in [0.5, 0.6) is 5.75 Å². The lowest BCUT2D eigenvalue weighted by Crippen LogP contribution is -2.41. The minimum atomic E-state index is -0.472. The molecule has 156 valence electrons. The van der Waals surface area contributed by atoms with Gasteiger partial charge in [0.15, 0.2) is 0 Å². The second-order valence-corrected chi connectivity index (χ2v) is 6.94. The molecule has 7 nitrogen and oxygen atoms in total. The molecule has 3 aromatic rings. The molecule has 0 unspecified atom stereocenters. The van der Waals surface area contributed by atoms with E-state index in [2.05, 4.69) is 16.9 Å². The van der Waals surface area contributed by atoms with E-state index in [0.29, 0.717) is 22.4 Å². The van der Waals surface area contributed by atoms with Crippen LogP contribution in [0.15, 0.2) is 72.8 Å². The standard InChI is InChI=1S/C24H22N4O3/c1-28(2)21-11-5-9-17(13-21)23(29)26-27-24(30)18-10-6-12-22(14-18)31-16-20-8-4-3-7-19(20)15-25/h3-14H,16H2,1-2H3,(H,26,29)(H,27,30). The fraction of sp³-hybridized carbons (Fsp3) is 0.125. The molecule has 0 aliphatic rings. The number of hydrogen-bond acceptors (Lipinski definition) is 5. The normalized spacial score (nSPS) is 9.97. The van der Waals surface area contributed by atoms with Gasteiger partial charge in [0.2, 0.25) is 0 Å². The Balaban J connectivity index is 1.60. The molecule has 3 rings (SSSR count). The van der Waals surface area contributed by atoms with Crippen LogP contribution in [0.4, 0.5) is 5.69 Å². The molecule has 0 aromatic heterocycles. The van der Waals surface area contributed by atoms with Crippen LogP contribution in [0.3, 0.4) is 0 Å². The molecule has 0 atom stereocenters. The highest BCUT2D eigenvalue weighted by Crippen LogP contribution is 2.17. The van der Waals surface area contributed by atoms with Gasteiger partial charge in [-0.05, 0) is 42.5 Å².